The molecule has 0 bridgehead atoms. The summed E-state index contributed by atoms with van der Waals surface area (Å²) in [5, 5.41) is 10.4. The van der Waals surface area contributed by atoms with Gasteiger partial charge in [-0.3, -0.25) is 4.79 Å². The van der Waals surface area contributed by atoms with E-state index in [1.807, 2.05) is 6.08 Å². The quantitative estimate of drug-likeness (QED) is 0.738. The zero-order valence-corrected chi connectivity index (χ0v) is 13.1. The Hall–Kier alpha value is -0.890. The molecule has 2 heteroatoms. The van der Waals surface area contributed by atoms with Gasteiger partial charge in [0.2, 0.25) is 0 Å². The largest absolute Gasteiger partial charge is 0.393 e. The van der Waals surface area contributed by atoms with Crippen molar-refractivity contribution < 1.29 is 9.90 Å². The summed E-state index contributed by atoms with van der Waals surface area (Å²) in [7, 11) is 0. The topological polar surface area (TPSA) is 37.3 Å². The molecule has 114 valence electrons. The lowest BCUT2D eigenvalue weighted by molar-refractivity contribution is -0.116. The van der Waals surface area contributed by atoms with Crippen LogP contribution in [0.25, 0.3) is 0 Å². The maximum absolute atomic E-state index is 11.8. The molecule has 4 aliphatic carbocycles. The van der Waals surface area contributed by atoms with Gasteiger partial charge in [0.15, 0.2) is 5.78 Å². The van der Waals surface area contributed by atoms with Gasteiger partial charge in [-0.2, -0.15) is 0 Å². The predicted octanol–water partition coefficient (Wildman–Crippen LogP) is 3.66. The minimum Gasteiger partial charge on any atom is -0.393 e. The first-order chi connectivity index (χ1) is 9.95. The molecule has 0 aromatic carbocycles. The first-order valence-corrected chi connectivity index (χ1v) is 8.56. The fourth-order valence-corrected chi connectivity index (χ4v) is 5.97. The number of allylic oxidation sites excluding steroid dienone is 4. The maximum atomic E-state index is 11.8. The molecule has 1 N–H and O–H groups in total. The van der Waals surface area contributed by atoms with Gasteiger partial charge in [0.1, 0.15) is 0 Å². The lowest BCUT2D eigenvalue weighted by atomic mass is 9.49. The van der Waals surface area contributed by atoms with Gasteiger partial charge in [0, 0.05) is 6.42 Å². The van der Waals surface area contributed by atoms with E-state index in [9.17, 15) is 9.90 Å². The van der Waals surface area contributed by atoms with Crippen LogP contribution in [0.2, 0.25) is 0 Å². The van der Waals surface area contributed by atoms with Crippen molar-refractivity contribution in [3.63, 3.8) is 0 Å². The fraction of sp³-hybridized carbons (Fsp3) is 0.737. The molecule has 0 amide bonds. The lowest BCUT2D eigenvalue weighted by Gasteiger charge is -2.55. The van der Waals surface area contributed by atoms with E-state index in [0.717, 1.165) is 25.7 Å². The highest BCUT2D eigenvalue weighted by atomic mass is 16.3. The predicted molar refractivity (Wildman–Crippen MR) is 82.6 cm³/mol. The number of fused-ring (bicyclic) bond motifs is 5. The first-order valence-electron chi connectivity index (χ1n) is 8.56. The Morgan fingerprint density at radius 3 is 2.76 bits per heavy atom. The standard InChI is InChI=1S/C19H26O2/c1-18-9-7-13(20)11-12(18)3-4-14-15-5-6-17(21)19(15,2)10-8-16(14)18/h3-4,11,14-17,21H,5-10H2,1-2H3/t14?,15?,16?,17-,18-,19-/m0/s1. The van der Waals surface area contributed by atoms with E-state index in [1.165, 1.54) is 12.0 Å². The molecular formula is C19H26O2. The highest BCUT2D eigenvalue weighted by Gasteiger charge is 2.57. The minimum absolute atomic E-state index is 0.116. The Labute approximate surface area is 127 Å². The van der Waals surface area contributed by atoms with Crippen molar-refractivity contribution in [2.75, 3.05) is 0 Å². The van der Waals surface area contributed by atoms with Crippen molar-refractivity contribution in [1.82, 2.24) is 0 Å². The van der Waals surface area contributed by atoms with Crippen LogP contribution in [-0.4, -0.2) is 17.0 Å². The highest BCUT2D eigenvalue weighted by Crippen LogP contribution is 2.63. The van der Waals surface area contributed by atoms with Gasteiger partial charge in [0.25, 0.3) is 0 Å². The van der Waals surface area contributed by atoms with Crippen LogP contribution >= 0.6 is 0 Å². The number of carbonyl (C=O) groups excluding carboxylic acids is 1. The van der Waals surface area contributed by atoms with Crippen molar-refractivity contribution in [3.05, 3.63) is 23.8 Å². The van der Waals surface area contributed by atoms with E-state index in [1.54, 1.807) is 0 Å². The Morgan fingerprint density at radius 1 is 1.14 bits per heavy atom. The monoisotopic (exact) mass is 286 g/mol. The maximum Gasteiger partial charge on any atom is 0.156 e. The zero-order valence-electron chi connectivity index (χ0n) is 13.1. The van der Waals surface area contributed by atoms with Crippen molar-refractivity contribution in [3.8, 4) is 0 Å². The van der Waals surface area contributed by atoms with Gasteiger partial charge in [-0.05, 0) is 72.3 Å². The van der Waals surface area contributed by atoms with E-state index in [0.29, 0.717) is 30.0 Å². The van der Waals surface area contributed by atoms with Gasteiger partial charge in [0.05, 0.1) is 6.10 Å². The molecule has 0 aromatic rings. The van der Waals surface area contributed by atoms with Crippen LogP contribution < -0.4 is 0 Å². The smallest absolute Gasteiger partial charge is 0.156 e. The SMILES string of the molecule is C[C@]12CCC(=O)C=C1C=CC1C2CC[C@@]2(C)C1CC[C@@H]2O. The summed E-state index contributed by atoms with van der Waals surface area (Å²) < 4.78 is 0. The number of rotatable bonds is 0. The number of aliphatic hydroxyl groups excluding tert-OH is 1. The average Bonchev–Trinajstić information content (AvgIpc) is 2.76. The summed E-state index contributed by atoms with van der Waals surface area (Å²) in [6, 6.07) is 0. The number of carbonyl (C=O) groups is 1. The molecule has 2 saturated carbocycles. The molecule has 2 fully saturated rings. The van der Waals surface area contributed by atoms with Gasteiger partial charge in [-0.25, -0.2) is 0 Å². The van der Waals surface area contributed by atoms with Gasteiger partial charge >= 0.3 is 0 Å². The van der Waals surface area contributed by atoms with Crippen molar-refractivity contribution in [2.24, 2.45) is 28.6 Å². The number of hydrogen-bond acceptors (Lipinski definition) is 2. The van der Waals surface area contributed by atoms with Crippen LogP contribution in [0.5, 0.6) is 0 Å². The number of hydrogen-bond donors (Lipinski definition) is 1. The number of ketones is 1. The second kappa shape index (κ2) is 4.32. The molecule has 0 radical (unpaired) electrons. The van der Waals surface area contributed by atoms with E-state index in [-0.39, 0.29) is 16.9 Å². The molecular weight excluding hydrogens is 260 g/mol. The Kier molecular flexibility index (Phi) is 2.83. The normalized spacial score (nSPS) is 52.0. The Balaban J connectivity index is 1.75. The molecule has 0 aliphatic heterocycles. The van der Waals surface area contributed by atoms with Crippen LogP contribution in [0.3, 0.4) is 0 Å². The van der Waals surface area contributed by atoms with Crippen LogP contribution in [0, 0.1) is 28.6 Å². The Bertz CT molecular complexity index is 546. The van der Waals surface area contributed by atoms with Crippen molar-refractivity contribution in [2.45, 2.75) is 58.5 Å². The van der Waals surface area contributed by atoms with Gasteiger partial charge in [-0.15, -0.1) is 0 Å². The summed E-state index contributed by atoms with van der Waals surface area (Å²) >= 11 is 0. The summed E-state index contributed by atoms with van der Waals surface area (Å²) in [6.07, 6.45) is 12.6. The van der Waals surface area contributed by atoms with Gasteiger partial charge < -0.3 is 5.11 Å². The second-order valence-corrected chi connectivity index (χ2v) is 8.27. The third-order valence-electron chi connectivity index (χ3n) is 7.47. The van der Waals surface area contributed by atoms with Crippen LogP contribution in [0.15, 0.2) is 23.8 Å². The van der Waals surface area contributed by atoms with E-state index < -0.39 is 0 Å². The molecule has 4 aliphatic rings. The lowest BCUT2D eigenvalue weighted by Crippen LogP contribution is -2.49. The van der Waals surface area contributed by atoms with Gasteiger partial charge in [-0.1, -0.05) is 26.0 Å². The van der Waals surface area contributed by atoms with Crippen LogP contribution in [0.4, 0.5) is 0 Å². The first kappa shape index (κ1) is 13.8. The average molecular weight is 286 g/mol. The molecule has 21 heavy (non-hydrogen) atoms. The molecule has 3 unspecified atom stereocenters. The van der Waals surface area contributed by atoms with E-state index in [4.69, 9.17) is 0 Å². The van der Waals surface area contributed by atoms with E-state index >= 15 is 0 Å². The summed E-state index contributed by atoms with van der Waals surface area (Å²) in [5.74, 6) is 2.17. The Morgan fingerprint density at radius 2 is 1.95 bits per heavy atom. The third kappa shape index (κ3) is 1.72. The van der Waals surface area contributed by atoms with Crippen LogP contribution in [0.1, 0.15) is 52.4 Å². The fourth-order valence-electron chi connectivity index (χ4n) is 5.97. The summed E-state index contributed by atoms with van der Waals surface area (Å²) in [5.41, 5.74) is 1.57. The second-order valence-electron chi connectivity index (χ2n) is 8.27. The molecule has 0 aromatic heterocycles. The minimum atomic E-state index is -0.116. The van der Waals surface area contributed by atoms with Crippen LogP contribution in [-0.2, 0) is 4.79 Å². The number of aliphatic hydroxyl groups is 1. The van der Waals surface area contributed by atoms with E-state index in [2.05, 4.69) is 26.0 Å². The van der Waals surface area contributed by atoms with Crippen molar-refractivity contribution in [1.29, 1.82) is 0 Å². The summed E-state index contributed by atoms with van der Waals surface area (Å²) in [6.45, 7) is 4.68. The van der Waals surface area contributed by atoms with Crippen molar-refractivity contribution >= 4 is 5.78 Å². The third-order valence-corrected chi connectivity index (χ3v) is 7.47. The molecule has 6 atom stereocenters. The molecule has 0 spiro atoms. The molecule has 4 rings (SSSR count). The molecule has 2 nitrogen and oxygen atoms in total. The molecule has 0 saturated heterocycles. The highest BCUT2D eigenvalue weighted by molar-refractivity contribution is 5.92. The summed E-state index contributed by atoms with van der Waals surface area (Å²) in [4.78, 5) is 11.8. The molecule has 0 heterocycles. The zero-order chi connectivity index (χ0) is 14.8.